The Hall–Kier alpha value is -0.440. The van der Waals surface area contributed by atoms with Gasteiger partial charge in [0.2, 0.25) is 0 Å². The highest BCUT2D eigenvalue weighted by Gasteiger charge is 2.37. The highest BCUT2D eigenvalue weighted by Crippen LogP contribution is 2.35. The summed E-state index contributed by atoms with van der Waals surface area (Å²) in [7, 11) is 0. The van der Waals surface area contributed by atoms with Crippen LogP contribution in [0.4, 0.5) is 5.69 Å². The molecule has 0 saturated carbocycles. The van der Waals surface area contributed by atoms with E-state index in [1.165, 1.54) is 32.4 Å². The third kappa shape index (κ3) is 2.14. The van der Waals surface area contributed by atoms with Gasteiger partial charge >= 0.3 is 0 Å². The van der Waals surface area contributed by atoms with Crippen LogP contribution >= 0.6 is 23.2 Å². The van der Waals surface area contributed by atoms with E-state index in [0.717, 1.165) is 5.69 Å². The molecule has 0 aromatic heterocycles. The molecule has 0 aliphatic carbocycles. The van der Waals surface area contributed by atoms with Crippen molar-refractivity contribution in [2.24, 2.45) is 0 Å². The van der Waals surface area contributed by atoms with Crippen LogP contribution in [0.2, 0.25) is 10.0 Å². The summed E-state index contributed by atoms with van der Waals surface area (Å²) in [6.45, 7) is 2.45. The van der Waals surface area contributed by atoms with Gasteiger partial charge in [-0.3, -0.25) is 4.90 Å². The molecule has 4 heteroatoms. The van der Waals surface area contributed by atoms with Gasteiger partial charge in [0.25, 0.3) is 0 Å². The Morgan fingerprint density at radius 1 is 1.12 bits per heavy atom. The maximum atomic E-state index is 6.19. The molecule has 92 valence electrons. The van der Waals surface area contributed by atoms with Crippen LogP contribution in [0.3, 0.4) is 0 Å². The molecule has 2 nitrogen and oxygen atoms in total. The Morgan fingerprint density at radius 3 is 2.65 bits per heavy atom. The second kappa shape index (κ2) is 4.68. The fourth-order valence-corrected chi connectivity index (χ4v) is 3.58. The molecule has 2 unspecified atom stereocenters. The van der Waals surface area contributed by atoms with Crippen molar-refractivity contribution in [3.8, 4) is 0 Å². The van der Waals surface area contributed by atoms with Crippen molar-refractivity contribution >= 4 is 28.9 Å². The molecule has 0 bridgehead atoms. The molecule has 1 aromatic carbocycles. The summed E-state index contributed by atoms with van der Waals surface area (Å²) in [6.07, 6.45) is 3.80. The van der Waals surface area contributed by atoms with E-state index < -0.39 is 0 Å². The summed E-state index contributed by atoms with van der Waals surface area (Å²) in [6, 6.07) is 6.82. The minimum Gasteiger partial charge on any atom is -0.378 e. The molecule has 2 aliphatic rings. The molecule has 2 fully saturated rings. The summed E-state index contributed by atoms with van der Waals surface area (Å²) in [5.74, 6) is 0. The normalized spacial score (nSPS) is 28.4. The highest BCUT2D eigenvalue weighted by atomic mass is 35.5. The lowest BCUT2D eigenvalue weighted by atomic mass is 10.1. The van der Waals surface area contributed by atoms with Crippen LogP contribution in [-0.4, -0.2) is 30.1 Å². The third-order valence-electron chi connectivity index (χ3n) is 3.90. The zero-order chi connectivity index (χ0) is 11.8. The first kappa shape index (κ1) is 11.6. The monoisotopic (exact) mass is 270 g/mol. The second-order valence-corrected chi connectivity index (χ2v) is 5.70. The Balaban J connectivity index is 1.79. The lowest BCUT2D eigenvalue weighted by molar-refractivity contribution is 0.318. The number of hydrogen-bond donors (Lipinski definition) is 1. The average Bonchev–Trinajstić information content (AvgIpc) is 2.87. The minimum absolute atomic E-state index is 0.495. The van der Waals surface area contributed by atoms with Crippen molar-refractivity contribution in [1.82, 2.24) is 4.90 Å². The highest BCUT2D eigenvalue weighted by molar-refractivity contribution is 6.39. The van der Waals surface area contributed by atoms with Crippen LogP contribution in [0.15, 0.2) is 18.2 Å². The minimum atomic E-state index is 0.495. The number of anilines is 1. The SMILES string of the molecule is Clc1cccc(Cl)c1NC1CCN2CCCC12. The topological polar surface area (TPSA) is 15.3 Å². The number of fused-ring (bicyclic) bond motifs is 1. The van der Waals surface area contributed by atoms with Crippen LogP contribution in [0, 0.1) is 0 Å². The van der Waals surface area contributed by atoms with E-state index >= 15 is 0 Å². The molecular formula is C13H16Cl2N2. The number of nitrogens with zero attached hydrogens (tertiary/aromatic N) is 1. The second-order valence-electron chi connectivity index (χ2n) is 4.88. The van der Waals surface area contributed by atoms with Crippen molar-refractivity contribution in [3.05, 3.63) is 28.2 Å². The quantitative estimate of drug-likeness (QED) is 0.883. The largest absolute Gasteiger partial charge is 0.378 e. The van der Waals surface area contributed by atoms with Crippen LogP contribution in [0.5, 0.6) is 0 Å². The fourth-order valence-electron chi connectivity index (χ4n) is 3.07. The molecule has 0 amide bonds. The zero-order valence-electron chi connectivity index (χ0n) is 9.63. The van der Waals surface area contributed by atoms with Crippen molar-refractivity contribution in [2.75, 3.05) is 18.4 Å². The van der Waals surface area contributed by atoms with Gasteiger partial charge in [-0.2, -0.15) is 0 Å². The molecular weight excluding hydrogens is 255 g/mol. The summed E-state index contributed by atoms with van der Waals surface area (Å²) in [5, 5.41) is 4.98. The van der Waals surface area contributed by atoms with Gasteiger partial charge in [0.05, 0.1) is 15.7 Å². The number of rotatable bonds is 2. The van der Waals surface area contributed by atoms with E-state index in [1.54, 1.807) is 0 Å². The summed E-state index contributed by atoms with van der Waals surface area (Å²) in [5.41, 5.74) is 0.898. The maximum Gasteiger partial charge on any atom is 0.0721 e. The first-order valence-electron chi connectivity index (χ1n) is 6.20. The molecule has 2 heterocycles. The Kier molecular flexibility index (Phi) is 3.20. The van der Waals surface area contributed by atoms with E-state index in [1.807, 2.05) is 18.2 Å². The van der Waals surface area contributed by atoms with Crippen molar-refractivity contribution in [2.45, 2.75) is 31.3 Å². The summed E-state index contributed by atoms with van der Waals surface area (Å²) in [4.78, 5) is 2.57. The van der Waals surface area contributed by atoms with E-state index in [-0.39, 0.29) is 0 Å². The van der Waals surface area contributed by atoms with Gasteiger partial charge in [0.1, 0.15) is 0 Å². The number of nitrogens with one attached hydrogen (secondary N) is 1. The van der Waals surface area contributed by atoms with Gasteiger partial charge in [-0.25, -0.2) is 0 Å². The van der Waals surface area contributed by atoms with Crippen LogP contribution in [-0.2, 0) is 0 Å². The van der Waals surface area contributed by atoms with Gasteiger partial charge in [-0.15, -0.1) is 0 Å². The standard InChI is InChI=1S/C13H16Cl2N2/c14-9-3-1-4-10(15)13(9)16-11-6-8-17-7-2-5-12(11)17/h1,3-4,11-12,16H,2,5-8H2. The first-order valence-corrected chi connectivity index (χ1v) is 6.96. The Bertz CT molecular complexity index is 402. The van der Waals surface area contributed by atoms with Gasteiger partial charge in [-0.05, 0) is 37.9 Å². The van der Waals surface area contributed by atoms with Crippen molar-refractivity contribution in [1.29, 1.82) is 0 Å². The molecule has 1 aromatic rings. The molecule has 3 rings (SSSR count). The van der Waals surface area contributed by atoms with Crippen molar-refractivity contribution in [3.63, 3.8) is 0 Å². The van der Waals surface area contributed by atoms with Gasteiger partial charge in [0, 0.05) is 18.6 Å². The van der Waals surface area contributed by atoms with E-state index in [9.17, 15) is 0 Å². The molecule has 1 N–H and O–H groups in total. The summed E-state index contributed by atoms with van der Waals surface area (Å²) >= 11 is 12.4. The van der Waals surface area contributed by atoms with E-state index in [4.69, 9.17) is 23.2 Å². The molecule has 2 aliphatic heterocycles. The number of benzene rings is 1. The maximum absolute atomic E-state index is 6.19. The Morgan fingerprint density at radius 2 is 1.88 bits per heavy atom. The number of para-hydroxylation sites is 1. The Labute approximate surface area is 112 Å². The number of hydrogen-bond acceptors (Lipinski definition) is 2. The fraction of sp³-hybridized carbons (Fsp3) is 0.538. The molecule has 0 radical (unpaired) electrons. The number of halogens is 2. The lowest BCUT2D eigenvalue weighted by Crippen LogP contribution is -2.33. The van der Waals surface area contributed by atoms with Gasteiger partial charge in [0.15, 0.2) is 0 Å². The first-order chi connectivity index (χ1) is 8.25. The molecule has 17 heavy (non-hydrogen) atoms. The average molecular weight is 271 g/mol. The van der Waals surface area contributed by atoms with E-state index in [0.29, 0.717) is 22.1 Å². The smallest absolute Gasteiger partial charge is 0.0721 e. The van der Waals surface area contributed by atoms with Crippen molar-refractivity contribution < 1.29 is 0 Å². The van der Waals surface area contributed by atoms with Gasteiger partial charge in [-0.1, -0.05) is 29.3 Å². The molecule has 2 saturated heterocycles. The predicted octanol–water partition coefficient (Wildman–Crippen LogP) is 3.64. The molecule has 2 atom stereocenters. The molecule has 0 spiro atoms. The third-order valence-corrected chi connectivity index (χ3v) is 4.53. The zero-order valence-corrected chi connectivity index (χ0v) is 11.1. The van der Waals surface area contributed by atoms with E-state index in [2.05, 4.69) is 10.2 Å². The van der Waals surface area contributed by atoms with Crippen LogP contribution < -0.4 is 5.32 Å². The van der Waals surface area contributed by atoms with Crippen LogP contribution in [0.1, 0.15) is 19.3 Å². The predicted molar refractivity (Wildman–Crippen MR) is 73.1 cm³/mol. The van der Waals surface area contributed by atoms with Crippen LogP contribution in [0.25, 0.3) is 0 Å². The van der Waals surface area contributed by atoms with Gasteiger partial charge < -0.3 is 5.32 Å². The lowest BCUT2D eigenvalue weighted by Gasteiger charge is -2.23. The summed E-state index contributed by atoms with van der Waals surface area (Å²) < 4.78 is 0.